The van der Waals surface area contributed by atoms with Crippen molar-refractivity contribution in [2.75, 3.05) is 0 Å². The van der Waals surface area contributed by atoms with Gasteiger partial charge in [-0.25, -0.2) is 0 Å². The Hall–Kier alpha value is -3.12. The number of benzene rings is 1. The molecule has 0 amide bonds. The summed E-state index contributed by atoms with van der Waals surface area (Å²) in [7, 11) is 0. The second-order valence-electron chi connectivity index (χ2n) is 8.07. The molecule has 0 atom stereocenters. The summed E-state index contributed by atoms with van der Waals surface area (Å²) in [5, 5.41) is 19.3. The van der Waals surface area contributed by atoms with Crippen LogP contribution in [0, 0.1) is 22.7 Å². The van der Waals surface area contributed by atoms with Gasteiger partial charge in [-0.15, -0.1) is 45.3 Å². The summed E-state index contributed by atoms with van der Waals surface area (Å²) in [6.07, 6.45) is 3.78. The Morgan fingerprint density at radius 2 is 1.08 bits per heavy atom. The summed E-state index contributed by atoms with van der Waals surface area (Å²) in [4.78, 5) is 5.74. The molecule has 0 fully saturated rings. The van der Waals surface area contributed by atoms with Crippen LogP contribution in [0.5, 0.6) is 0 Å². The van der Waals surface area contributed by atoms with E-state index in [1.807, 2.05) is 36.4 Å². The Bertz CT molecular complexity index is 1850. The molecule has 0 radical (unpaired) electrons. The van der Waals surface area contributed by atoms with Crippen LogP contribution in [0.4, 0.5) is 0 Å². The van der Waals surface area contributed by atoms with Crippen molar-refractivity contribution in [3.8, 4) is 33.0 Å². The van der Waals surface area contributed by atoms with Crippen LogP contribution in [-0.4, -0.2) is 8.75 Å². The predicted octanol–water partition coefficient (Wildman–Crippen LogP) is 10.7. The van der Waals surface area contributed by atoms with E-state index in [1.165, 1.54) is 34.4 Å². The lowest BCUT2D eigenvalue weighted by molar-refractivity contribution is 1.54. The number of fused-ring (bicyclic) bond motifs is 1. The summed E-state index contributed by atoms with van der Waals surface area (Å²) < 4.78 is 10.6. The summed E-state index contributed by atoms with van der Waals surface area (Å²) >= 11 is 19.3. The van der Waals surface area contributed by atoms with Crippen LogP contribution in [0.25, 0.3) is 55.2 Å². The van der Waals surface area contributed by atoms with Crippen molar-refractivity contribution < 1.29 is 0 Å². The molecule has 4 nitrogen and oxygen atoms in total. The van der Waals surface area contributed by atoms with Gasteiger partial charge in [-0.2, -0.15) is 19.3 Å². The van der Waals surface area contributed by atoms with Crippen molar-refractivity contribution in [2.24, 2.45) is 0 Å². The Morgan fingerprint density at radius 1 is 0.615 bits per heavy atom. The summed E-state index contributed by atoms with van der Waals surface area (Å²) in [6, 6.07) is 24.2. The van der Waals surface area contributed by atoms with Gasteiger partial charge >= 0.3 is 0 Å². The smallest absolute Gasteiger partial charge is 0.114 e. The average Bonchev–Trinajstić information content (AvgIpc) is 3.76. The maximum Gasteiger partial charge on any atom is 0.114 e. The molecular formula is C28H12Cl2N4S5. The molecule has 0 spiro atoms. The Balaban J connectivity index is 1.32. The average molecular weight is 636 g/mol. The molecule has 0 aliphatic rings. The second kappa shape index (κ2) is 11.2. The molecule has 1 aromatic carbocycles. The Kier molecular flexibility index (Phi) is 7.48. The predicted molar refractivity (Wildman–Crippen MR) is 170 cm³/mol. The number of hydrogen-bond donors (Lipinski definition) is 0. The maximum absolute atomic E-state index is 9.66. The van der Waals surface area contributed by atoms with Gasteiger partial charge in [0.25, 0.3) is 0 Å². The highest BCUT2D eigenvalue weighted by Crippen LogP contribution is 2.41. The normalized spacial score (nSPS) is 12.1. The third-order valence-corrected chi connectivity index (χ3v) is 10.9. The van der Waals surface area contributed by atoms with E-state index in [2.05, 4.69) is 45.2 Å². The number of hydrogen-bond acceptors (Lipinski definition) is 9. The molecule has 11 heteroatoms. The highest BCUT2D eigenvalue weighted by atomic mass is 35.5. The largest absolute Gasteiger partial charge is 0.192 e. The van der Waals surface area contributed by atoms with E-state index < -0.39 is 0 Å². The number of thiophene rings is 4. The third-order valence-electron chi connectivity index (χ3n) is 5.69. The van der Waals surface area contributed by atoms with Gasteiger partial charge in [0.05, 0.1) is 31.5 Å². The molecule has 188 valence electrons. The monoisotopic (exact) mass is 634 g/mol. The SMILES string of the molecule is N#C/C(=C\c1ccc(-c2ccc(-c3ccc(/C=C(\C#N)c4ccc(Cl)s4)s3)c3nsnc23)s1)c1ccc(Cl)s1. The van der Waals surface area contributed by atoms with Crippen LogP contribution in [-0.2, 0) is 0 Å². The lowest BCUT2D eigenvalue weighted by Crippen LogP contribution is -1.81. The number of allylic oxidation sites excluding steroid dienone is 2. The van der Waals surface area contributed by atoms with Gasteiger partial charge in [0.15, 0.2) is 0 Å². The van der Waals surface area contributed by atoms with Crippen molar-refractivity contribution in [1.29, 1.82) is 10.5 Å². The molecule has 0 unspecified atom stereocenters. The molecule has 6 aromatic rings. The van der Waals surface area contributed by atoms with Gasteiger partial charge in [0, 0.05) is 40.4 Å². The van der Waals surface area contributed by atoms with Crippen LogP contribution in [0.15, 0.2) is 60.7 Å². The number of nitrogens with zero attached hydrogens (tertiary/aromatic N) is 4. The topological polar surface area (TPSA) is 73.4 Å². The molecule has 0 aliphatic heterocycles. The van der Waals surface area contributed by atoms with Crippen molar-refractivity contribution in [3.63, 3.8) is 0 Å². The zero-order chi connectivity index (χ0) is 26.9. The second-order valence-corrected chi connectivity index (χ2v) is 14.3. The van der Waals surface area contributed by atoms with Crippen LogP contribution < -0.4 is 0 Å². The van der Waals surface area contributed by atoms with E-state index in [1.54, 1.807) is 34.8 Å². The zero-order valence-electron chi connectivity index (χ0n) is 19.5. The van der Waals surface area contributed by atoms with E-state index in [-0.39, 0.29) is 0 Å². The summed E-state index contributed by atoms with van der Waals surface area (Å²) in [5.74, 6) is 0. The lowest BCUT2D eigenvalue weighted by atomic mass is 10.1. The van der Waals surface area contributed by atoms with Gasteiger partial charge in [0.1, 0.15) is 23.2 Å². The minimum atomic E-state index is 0.584. The van der Waals surface area contributed by atoms with Gasteiger partial charge in [-0.3, -0.25) is 0 Å². The van der Waals surface area contributed by atoms with Crippen LogP contribution >= 0.6 is 80.3 Å². The number of aromatic nitrogens is 2. The molecule has 6 rings (SSSR count). The van der Waals surface area contributed by atoms with Crippen molar-refractivity contribution in [1.82, 2.24) is 8.75 Å². The molecule has 0 saturated heterocycles. The van der Waals surface area contributed by atoms with Crippen molar-refractivity contribution in [3.05, 3.63) is 88.8 Å². The molecular weight excluding hydrogens is 624 g/mol. The third kappa shape index (κ3) is 5.36. The molecule has 5 heterocycles. The molecule has 39 heavy (non-hydrogen) atoms. The Labute approximate surface area is 253 Å². The van der Waals surface area contributed by atoms with E-state index in [9.17, 15) is 10.5 Å². The number of halogens is 2. The van der Waals surface area contributed by atoms with E-state index in [0.29, 0.717) is 19.8 Å². The first kappa shape index (κ1) is 26.1. The van der Waals surface area contributed by atoms with Crippen molar-refractivity contribution >= 4 is 115 Å². The highest BCUT2D eigenvalue weighted by molar-refractivity contribution is 7.18. The van der Waals surface area contributed by atoms with Crippen LogP contribution in [0.3, 0.4) is 0 Å². The molecule has 0 saturated carbocycles. The number of nitriles is 2. The van der Waals surface area contributed by atoms with E-state index in [0.717, 1.165) is 51.4 Å². The molecule has 0 N–H and O–H groups in total. The van der Waals surface area contributed by atoms with Gasteiger partial charge in [0.2, 0.25) is 0 Å². The molecule has 5 aromatic heterocycles. The van der Waals surface area contributed by atoms with E-state index >= 15 is 0 Å². The first-order valence-electron chi connectivity index (χ1n) is 11.2. The van der Waals surface area contributed by atoms with Crippen LogP contribution in [0.2, 0.25) is 8.67 Å². The van der Waals surface area contributed by atoms with Gasteiger partial charge in [-0.1, -0.05) is 35.3 Å². The lowest BCUT2D eigenvalue weighted by Gasteiger charge is -2.03. The maximum atomic E-state index is 9.66. The fraction of sp³-hybridized carbons (Fsp3) is 0. The first-order valence-corrected chi connectivity index (χ1v) is 16.0. The quantitative estimate of drug-likeness (QED) is 0.171. The van der Waals surface area contributed by atoms with E-state index in [4.69, 9.17) is 23.2 Å². The minimum absolute atomic E-state index is 0.584. The molecule has 0 aliphatic carbocycles. The Morgan fingerprint density at radius 3 is 1.46 bits per heavy atom. The highest BCUT2D eigenvalue weighted by Gasteiger charge is 2.16. The fourth-order valence-corrected chi connectivity index (χ4v) is 8.48. The fourth-order valence-electron chi connectivity index (χ4n) is 3.93. The summed E-state index contributed by atoms with van der Waals surface area (Å²) in [5.41, 5.74) is 4.86. The number of rotatable bonds is 6. The van der Waals surface area contributed by atoms with Gasteiger partial charge < -0.3 is 0 Å². The standard InChI is InChI=1S/C28H12Cl2N4S5/c29-25-9-7-21(37-25)15(13-31)11-17-1-5-23(35-17)19-3-4-20(28-27(19)33-39-34-28)24-6-2-18(36-24)12-16(14-32)22-8-10-26(30)38-22/h1-12H/b15-11+,16-12+. The van der Waals surface area contributed by atoms with Crippen molar-refractivity contribution in [2.45, 2.75) is 0 Å². The molecule has 0 bridgehead atoms. The zero-order valence-corrected chi connectivity index (χ0v) is 25.1. The first-order chi connectivity index (χ1) is 19.0. The minimum Gasteiger partial charge on any atom is -0.192 e. The summed E-state index contributed by atoms with van der Waals surface area (Å²) in [6.45, 7) is 0. The van der Waals surface area contributed by atoms with Gasteiger partial charge in [-0.05, 0) is 60.7 Å². The van der Waals surface area contributed by atoms with Crippen LogP contribution in [0.1, 0.15) is 19.5 Å².